The smallest absolute Gasteiger partial charge is 0.246 e. The Bertz CT molecular complexity index is 877. The summed E-state index contributed by atoms with van der Waals surface area (Å²) in [6, 6.07) is 9.13. The monoisotopic (exact) mass is 407 g/mol. The SMILES string of the molecule is Cc1cccc(C[C@@H]2C[C@H]3[C@@H]4CC[C@H]5N(C)C(=O)C=C[C@]5(C)[C@H]4CC[C@]3(C)[C@H]2O)c1. The molecule has 3 aliphatic carbocycles. The third kappa shape index (κ3) is 2.84. The molecule has 3 saturated carbocycles. The lowest BCUT2D eigenvalue weighted by Crippen LogP contribution is -2.59. The Balaban J connectivity index is 1.42. The average molecular weight is 408 g/mol. The molecule has 4 aliphatic rings. The predicted octanol–water partition coefficient (Wildman–Crippen LogP) is 4.76. The van der Waals surface area contributed by atoms with Crippen molar-refractivity contribution in [3.05, 3.63) is 47.5 Å². The Morgan fingerprint density at radius 2 is 1.97 bits per heavy atom. The number of aryl methyl sites for hydroxylation is 1. The molecule has 1 heterocycles. The van der Waals surface area contributed by atoms with E-state index >= 15 is 0 Å². The molecule has 3 fully saturated rings. The zero-order valence-corrected chi connectivity index (χ0v) is 19.0. The third-order valence-electron chi connectivity index (χ3n) is 9.82. The van der Waals surface area contributed by atoms with Crippen molar-refractivity contribution in [3.63, 3.8) is 0 Å². The number of aliphatic hydroxyl groups excluding tert-OH is 1. The van der Waals surface area contributed by atoms with Gasteiger partial charge in [-0.15, -0.1) is 0 Å². The van der Waals surface area contributed by atoms with E-state index in [0.29, 0.717) is 29.7 Å². The average Bonchev–Trinajstić information content (AvgIpc) is 2.96. The van der Waals surface area contributed by atoms with Gasteiger partial charge in [0, 0.05) is 18.5 Å². The van der Waals surface area contributed by atoms with Crippen LogP contribution in [0.15, 0.2) is 36.4 Å². The maximum Gasteiger partial charge on any atom is 0.246 e. The van der Waals surface area contributed by atoms with Crippen molar-refractivity contribution >= 4 is 5.91 Å². The standard InChI is InChI=1S/C27H37NO2/c1-17-6-5-7-18(14-17)15-19-16-22-20-8-9-23-26(2,13-11-24(29)28(23)4)21(20)10-12-27(22,3)25(19)30/h5-7,11,13-14,19-23,25,30H,8-10,12,15-16H2,1-4H3/t19-,20-,21+,22+,23-,25+,26-,27+/m1/s1. The summed E-state index contributed by atoms with van der Waals surface area (Å²) in [6.45, 7) is 6.92. The molecule has 3 heteroatoms. The molecule has 1 aromatic rings. The molecule has 0 aromatic heterocycles. The van der Waals surface area contributed by atoms with E-state index in [0.717, 1.165) is 25.7 Å². The molecule has 162 valence electrons. The van der Waals surface area contributed by atoms with Crippen LogP contribution in [0, 0.1) is 41.4 Å². The minimum absolute atomic E-state index is 0.0406. The van der Waals surface area contributed by atoms with Crippen LogP contribution in [0.25, 0.3) is 0 Å². The van der Waals surface area contributed by atoms with Crippen LogP contribution in [-0.2, 0) is 11.2 Å². The molecule has 3 nitrogen and oxygen atoms in total. The summed E-state index contributed by atoms with van der Waals surface area (Å²) in [5.74, 6) is 2.39. The number of likely N-dealkylation sites (N-methyl/N-ethyl adjacent to an activating group) is 1. The van der Waals surface area contributed by atoms with Crippen LogP contribution in [-0.4, -0.2) is 35.1 Å². The van der Waals surface area contributed by atoms with Gasteiger partial charge in [-0.1, -0.05) is 49.8 Å². The summed E-state index contributed by atoms with van der Waals surface area (Å²) in [7, 11) is 1.99. The van der Waals surface area contributed by atoms with E-state index in [-0.39, 0.29) is 22.8 Å². The number of nitrogens with zero attached hydrogens (tertiary/aromatic N) is 1. The van der Waals surface area contributed by atoms with Crippen LogP contribution in [0.2, 0.25) is 0 Å². The molecule has 1 aliphatic heterocycles. The van der Waals surface area contributed by atoms with Gasteiger partial charge in [-0.3, -0.25) is 4.79 Å². The van der Waals surface area contributed by atoms with Crippen LogP contribution in [0.1, 0.15) is 57.1 Å². The number of carbonyl (C=O) groups excluding carboxylic acids is 1. The van der Waals surface area contributed by atoms with Gasteiger partial charge in [0.25, 0.3) is 0 Å². The zero-order chi connectivity index (χ0) is 21.3. The lowest BCUT2D eigenvalue weighted by atomic mass is 9.48. The highest BCUT2D eigenvalue weighted by molar-refractivity contribution is 5.89. The molecule has 1 aromatic carbocycles. The van der Waals surface area contributed by atoms with Crippen molar-refractivity contribution in [1.82, 2.24) is 4.90 Å². The number of benzene rings is 1. The summed E-state index contributed by atoms with van der Waals surface area (Å²) < 4.78 is 0. The maximum absolute atomic E-state index is 12.3. The van der Waals surface area contributed by atoms with Crippen molar-refractivity contribution in [2.45, 2.75) is 71.4 Å². The van der Waals surface area contributed by atoms with Gasteiger partial charge in [-0.25, -0.2) is 0 Å². The van der Waals surface area contributed by atoms with Gasteiger partial charge in [-0.2, -0.15) is 0 Å². The van der Waals surface area contributed by atoms with Crippen molar-refractivity contribution < 1.29 is 9.90 Å². The molecule has 0 unspecified atom stereocenters. The Labute approximate surface area is 181 Å². The second-order valence-electron chi connectivity index (χ2n) is 11.3. The van der Waals surface area contributed by atoms with Gasteiger partial charge in [0.1, 0.15) is 0 Å². The Hall–Kier alpha value is -1.61. The zero-order valence-electron chi connectivity index (χ0n) is 19.0. The van der Waals surface area contributed by atoms with E-state index in [1.165, 1.54) is 24.0 Å². The number of amides is 1. The van der Waals surface area contributed by atoms with E-state index in [1.54, 1.807) is 0 Å². The maximum atomic E-state index is 12.3. The van der Waals surface area contributed by atoms with Crippen LogP contribution >= 0.6 is 0 Å². The van der Waals surface area contributed by atoms with E-state index in [1.807, 2.05) is 18.0 Å². The second kappa shape index (κ2) is 6.95. The molecular formula is C27H37NO2. The molecule has 1 N–H and O–H groups in total. The third-order valence-corrected chi connectivity index (χ3v) is 9.82. The number of rotatable bonds is 2. The molecule has 0 saturated heterocycles. The van der Waals surface area contributed by atoms with Gasteiger partial charge in [-0.05, 0) is 86.2 Å². The molecule has 30 heavy (non-hydrogen) atoms. The minimum Gasteiger partial charge on any atom is -0.392 e. The summed E-state index contributed by atoms with van der Waals surface area (Å²) in [5.41, 5.74) is 2.78. The first-order valence-corrected chi connectivity index (χ1v) is 11.9. The van der Waals surface area contributed by atoms with Gasteiger partial charge in [0.2, 0.25) is 5.91 Å². The quantitative estimate of drug-likeness (QED) is 0.768. The van der Waals surface area contributed by atoms with Gasteiger partial charge in [0.05, 0.1) is 6.10 Å². The fourth-order valence-electron chi connectivity index (χ4n) is 8.23. The lowest BCUT2D eigenvalue weighted by molar-refractivity contribution is -0.140. The van der Waals surface area contributed by atoms with Crippen LogP contribution in [0.4, 0.5) is 0 Å². The topological polar surface area (TPSA) is 40.5 Å². The van der Waals surface area contributed by atoms with Crippen molar-refractivity contribution in [3.8, 4) is 0 Å². The van der Waals surface area contributed by atoms with E-state index < -0.39 is 0 Å². The normalized spacial score (nSPS) is 45.1. The molecule has 5 rings (SSSR count). The fourth-order valence-corrected chi connectivity index (χ4v) is 8.23. The van der Waals surface area contributed by atoms with Gasteiger partial charge < -0.3 is 10.0 Å². The summed E-state index contributed by atoms with van der Waals surface area (Å²) in [6.07, 6.45) is 10.6. The summed E-state index contributed by atoms with van der Waals surface area (Å²) in [5, 5.41) is 11.5. The second-order valence-corrected chi connectivity index (χ2v) is 11.3. The van der Waals surface area contributed by atoms with E-state index in [4.69, 9.17) is 0 Å². The van der Waals surface area contributed by atoms with Crippen LogP contribution in [0.5, 0.6) is 0 Å². The minimum atomic E-state index is -0.208. The first kappa shape index (κ1) is 20.3. The lowest BCUT2D eigenvalue weighted by Gasteiger charge is -2.60. The largest absolute Gasteiger partial charge is 0.392 e. The number of aliphatic hydroxyl groups is 1. The Morgan fingerprint density at radius 1 is 1.17 bits per heavy atom. The van der Waals surface area contributed by atoms with E-state index in [2.05, 4.69) is 51.1 Å². The summed E-state index contributed by atoms with van der Waals surface area (Å²) in [4.78, 5) is 14.3. The van der Waals surface area contributed by atoms with E-state index in [9.17, 15) is 9.90 Å². The number of carbonyl (C=O) groups is 1. The van der Waals surface area contributed by atoms with Crippen molar-refractivity contribution in [2.24, 2.45) is 34.5 Å². The highest BCUT2D eigenvalue weighted by Gasteiger charge is 2.62. The highest BCUT2D eigenvalue weighted by atomic mass is 16.3. The Morgan fingerprint density at radius 3 is 2.73 bits per heavy atom. The molecule has 0 bridgehead atoms. The van der Waals surface area contributed by atoms with Gasteiger partial charge in [0.15, 0.2) is 0 Å². The molecule has 0 spiro atoms. The first-order chi connectivity index (χ1) is 14.2. The fraction of sp³-hybridized carbons (Fsp3) is 0.667. The first-order valence-electron chi connectivity index (χ1n) is 11.9. The Kier molecular flexibility index (Phi) is 4.70. The molecule has 1 amide bonds. The number of hydrogen-bond acceptors (Lipinski definition) is 2. The number of fused-ring (bicyclic) bond motifs is 5. The van der Waals surface area contributed by atoms with Crippen LogP contribution in [0.3, 0.4) is 0 Å². The highest BCUT2D eigenvalue weighted by Crippen LogP contribution is 2.65. The van der Waals surface area contributed by atoms with Crippen molar-refractivity contribution in [2.75, 3.05) is 7.05 Å². The molecule has 8 atom stereocenters. The molecule has 0 radical (unpaired) electrons. The van der Waals surface area contributed by atoms with Gasteiger partial charge >= 0.3 is 0 Å². The van der Waals surface area contributed by atoms with Crippen molar-refractivity contribution in [1.29, 1.82) is 0 Å². The van der Waals surface area contributed by atoms with Crippen LogP contribution < -0.4 is 0 Å². The predicted molar refractivity (Wildman–Crippen MR) is 120 cm³/mol. The molecular weight excluding hydrogens is 370 g/mol. The summed E-state index contributed by atoms with van der Waals surface area (Å²) >= 11 is 0. The number of hydrogen-bond donors (Lipinski definition) is 1.